The molecule has 1 amide bonds. The lowest BCUT2D eigenvalue weighted by Crippen LogP contribution is -2.29. The van der Waals surface area contributed by atoms with Crippen molar-refractivity contribution in [3.05, 3.63) is 27.7 Å². The van der Waals surface area contributed by atoms with Crippen LogP contribution in [0.4, 0.5) is 0 Å². The zero-order chi connectivity index (χ0) is 13.5. The molecule has 18 heavy (non-hydrogen) atoms. The van der Waals surface area contributed by atoms with Crippen molar-refractivity contribution >= 4 is 28.1 Å². The maximum Gasteiger partial charge on any atom is 0.258 e. The molecule has 0 bridgehead atoms. The lowest BCUT2D eigenvalue weighted by Gasteiger charge is -2.11. The van der Waals surface area contributed by atoms with Crippen molar-refractivity contribution in [3.8, 4) is 18.1 Å². The highest BCUT2D eigenvalue weighted by Crippen LogP contribution is 2.26. The molecule has 0 aromatic heterocycles. The first-order valence-electron chi connectivity index (χ1n) is 5.16. The van der Waals surface area contributed by atoms with Gasteiger partial charge in [-0.05, 0) is 24.6 Å². The van der Waals surface area contributed by atoms with E-state index < -0.39 is 0 Å². The zero-order valence-electron chi connectivity index (χ0n) is 9.83. The Labute approximate surface area is 114 Å². The molecule has 94 valence electrons. The molecule has 0 unspecified atom stereocenters. The molecule has 0 aliphatic carbocycles. The standard InChI is InChI=1S/C13H12BrNO3/c1-3-4-15-12(17)8-18-13-9(2)5-11(14)6-10(13)7-16/h1,5-7H,4,8H2,2H3,(H,15,17). The first kappa shape index (κ1) is 14.3. The molecular formula is C13H12BrNO3. The summed E-state index contributed by atoms with van der Waals surface area (Å²) in [6.07, 6.45) is 5.70. The molecule has 0 aliphatic rings. The average Bonchev–Trinajstić information content (AvgIpc) is 2.34. The highest BCUT2D eigenvalue weighted by atomic mass is 79.9. The molecule has 0 radical (unpaired) electrons. The number of rotatable bonds is 5. The first-order valence-corrected chi connectivity index (χ1v) is 5.96. The van der Waals surface area contributed by atoms with Crippen LogP contribution in [0.25, 0.3) is 0 Å². The maximum atomic E-state index is 11.3. The third-order valence-electron chi connectivity index (χ3n) is 2.13. The molecule has 0 fully saturated rings. The molecule has 1 aromatic carbocycles. The van der Waals surface area contributed by atoms with Gasteiger partial charge in [0.05, 0.1) is 12.1 Å². The van der Waals surface area contributed by atoms with Crippen molar-refractivity contribution in [1.29, 1.82) is 0 Å². The van der Waals surface area contributed by atoms with E-state index in [1.807, 2.05) is 6.07 Å². The minimum absolute atomic E-state index is 0.155. The minimum atomic E-state index is -0.327. The SMILES string of the molecule is C#CCNC(=O)COc1c(C)cc(Br)cc1C=O. The van der Waals surface area contributed by atoms with Gasteiger partial charge in [-0.15, -0.1) is 6.42 Å². The van der Waals surface area contributed by atoms with Crippen LogP contribution in [-0.4, -0.2) is 25.3 Å². The molecule has 1 rings (SSSR count). The zero-order valence-corrected chi connectivity index (χ0v) is 11.4. The Morgan fingerprint density at radius 1 is 1.61 bits per heavy atom. The van der Waals surface area contributed by atoms with Gasteiger partial charge < -0.3 is 10.1 Å². The lowest BCUT2D eigenvalue weighted by atomic mass is 10.1. The number of amides is 1. The normalized spacial score (nSPS) is 9.39. The third kappa shape index (κ3) is 3.90. The summed E-state index contributed by atoms with van der Waals surface area (Å²) in [6, 6.07) is 3.44. The Bertz CT molecular complexity index is 506. The fraction of sp³-hybridized carbons (Fsp3) is 0.231. The highest BCUT2D eigenvalue weighted by Gasteiger charge is 2.10. The van der Waals surface area contributed by atoms with Gasteiger partial charge in [0.15, 0.2) is 12.9 Å². The fourth-order valence-electron chi connectivity index (χ4n) is 1.38. The predicted molar refractivity (Wildman–Crippen MR) is 71.6 cm³/mol. The van der Waals surface area contributed by atoms with E-state index in [-0.39, 0.29) is 19.1 Å². The van der Waals surface area contributed by atoms with Gasteiger partial charge in [-0.1, -0.05) is 21.9 Å². The number of carbonyl (C=O) groups excluding carboxylic acids is 2. The molecule has 0 aliphatic heterocycles. The Balaban J connectivity index is 2.76. The van der Waals surface area contributed by atoms with Crippen molar-refractivity contribution in [1.82, 2.24) is 5.32 Å². The molecule has 5 heteroatoms. The highest BCUT2D eigenvalue weighted by molar-refractivity contribution is 9.10. The number of carbonyl (C=O) groups is 2. The van der Waals surface area contributed by atoms with Crippen molar-refractivity contribution < 1.29 is 14.3 Å². The Kier molecular flexibility index (Phi) is 5.40. The predicted octanol–water partition coefficient (Wildman–Crippen LogP) is 1.70. The van der Waals surface area contributed by atoms with Gasteiger partial charge in [0.1, 0.15) is 5.75 Å². The number of halogens is 1. The number of benzene rings is 1. The molecule has 0 heterocycles. The summed E-state index contributed by atoms with van der Waals surface area (Å²) in [7, 11) is 0. The topological polar surface area (TPSA) is 55.4 Å². The fourth-order valence-corrected chi connectivity index (χ4v) is 1.97. The second-order valence-corrected chi connectivity index (χ2v) is 4.44. The molecule has 0 saturated heterocycles. The molecule has 1 N–H and O–H groups in total. The van der Waals surface area contributed by atoms with Gasteiger partial charge in [-0.3, -0.25) is 9.59 Å². The number of nitrogens with one attached hydrogen (secondary N) is 1. The van der Waals surface area contributed by atoms with E-state index in [0.717, 1.165) is 10.0 Å². The van der Waals surface area contributed by atoms with Crippen LogP contribution in [-0.2, 0) is 4.79 Å². The summed E-state index contributed by atoms with van der Waals surface area (Å²) in [5.74, 6) is 2.37. The van der Waals surface area contributed by atoms with Crippen LogP contribution in [0.1, 0.15) is 15.9 Å². The Morgan fingerprint density at radius 3 is 2.94 bits per heavy atom. The number of aryl methyl sites for hydroxylation is 1. The van der Waals surface area contributed by atoms with Crippen molar-refractivity contribution in [2.75, 3.05) is 13.2 Å². The van der Waals surface area contributed by atoms with Crippen molar-refractivity contribution in [2.24, 2.45) is 0 Å². The minimum Gasteiger partial charge on any atom is -0.483 e. The quantitative estimate of drug-likeness (QED) is 0.665. The van der Waals surface area contributed by atoms with E-state index in [4.69, 9.17) is 11.2 Å². The molecule has 0 saturated carbocycles. The number of terminal acetylenes is 1. The summed E-state index contributed by atoms with van der Waals surface area (Å²) in [6.45, 7) is 1.78. The number of aldehydes is 1. The van der Waals surface area contributed by atoms with E-state index >= 15 is 0 Å². The molecule has 0 spiro atoms. The van der Waals surface area contributed by atoms with Crippen LogP contribution in [0.2, 0.25) is 0 Å². The van der Waals surface area contributed by atoms with Crippen LogP contribution in [0.15, 0.2) is 16.6 Å². The van der Waals surface area contributed by atoms with E-state index in [1.165, 1.54) is 0 Å². The molecule has 1 aromatic rings. The van der Waals surface area contributed by atoms with E-state index in [1.54, 1.807) is 13.0 Å². The molecular weight excluding hydrogens is 298 g/mol. The van der Waals surface area contributed by atoms with Crippen LogP contribution in [0.5, 0.6) is 5.75 Å². The smallest absolute Gasteiger partial charge is 0.258 e. The molecule has 4 nitrogen and oxygen atoms in total. The lowest BCUT2D eigenvalue weighted by molar-refractivity contribution is -0.122. The monoisotopic (exact) mass is 309 g/mol. The van der Waals surface area contributed by atoms with Gasteiger partial charge in [0.25, 0.3) is 5.91 Å². The van der Waals surface area contributed by atoms with E-state index in [0.29, 0.717) is 17.6 Å². The van der Waals surface area contributed by atoms with Gasteiger partial charge in [-0.25, -0.2) is 0 Å². The van der Waals surface area contributed by atoms with Crippen LogP contribution < -0.4 is 10.1 Å². The summed E-state index contributed by atoms with van der Waals surface area (Å²) in [5, 5.41) is 2.47. The largest absolute Gasteiger partial charge is 0.483 e. The second kappa shape index (κ2) is 6.82. The van der Waals surface area contributed by atoms with Gasteiger partial charge in [-0.2, -0.15) is 0 Å². The average molecular weight is 310 g/mol. The van der Waals surface area contributed by atoms with E-state index in [2.05, 4.69) is 27.2 Å². The summed E-state index contributed by atoms with van der Waals surface area (Å²) < 4.78 is 6.12. The van der Waals surface area contributed by atoms with E-state index in [9.17, 15) is 9.59 Å². The Morgan fingerprint density at radius 2 is 2.33 bits per heavy atom. The van der Waals surface area contributed by atoms with Crippen molar-refractivity contribution in [2.45, 2.75) is 6.92 Å². The number of hydrogen-bond acceptors (Lipinski definition) is 3. The second-order valence-electron chi connectivity index (χ2n) is 3.53. The summed E-state index contributed by atoms with van der Waals surface area (Å²) in [5.41, 5.74) is 1.17. The third-order valence-corrected chi connectivity index (χ3v) is 2.59. The maximum absolute atomic E-state index is 11.3. The number of ether oxygens (including phenoxy) is 1. The van der Waals surface area contributed by atoms with Crippen LogP contribution in [0.3, 0.4) is 0 Å². The van der Waals surface area contributed by atoms with Crippen molar-refractivity contribution in [3.63, 3.8) is 0 Å². The summed E-state index contributed by atoms with van der Waals surface area (Å²) >= 11 is 3.29. The number of hydrogen-bond donors (Lipinski definition) is 1. The van der Waals surface area contributed by atoms with Gasteiger partial charge in [0.2, 0.25) is 0 Å². The first-order chi connectivity index (χ1) is 8.58. The summed E-state index contributed by atoms with van der Waals surface area (Å²) in [4.78, 5) is 22.2. The van der Waals surface area contributed by atoms with Crippen LogP contribution in [0, 0.1) is 19.3 Å². The van der Waals surface area contributed by atoms with Gasteiger partial charge in [0, 0.05) is 4.47 Å². The van der Waals surface area contributed by atoms with Crippen LogP contribution >= 0.6 is 15.9 Å². The molecule has 0 atom stereocenters. The van der Waals surface area contributed by atoms with Gasteiger partial charge >= 0.3 is 0 Å². The Hall–Kier alpha value is -1.80.